The molecule has 1 aliphatic heterocycles. The van der Waals surface area contributed by atoms with Gasteiger partial charge in [0.1, 0.15) is 0 Å². The van der Waals surface area contributed by atoms with Gasteiger partial charge in [-0.3, -0.25) is 4.98 Å². The number of hydrogen-bond acceptors (Lipinski definition) is 3. The molecule has 1 fully saturated rings. The van der Waals surface area contributed by atoms with Gasteiger partial charge >= 0.3 is 0 Å². The van der Waals surface area contributed by atoms with Gasteiger partial charge in [0.15, 0.2) is 0 Å². The van der Waals surface area contributed by atoms with Crippen LogP contribution in [0.3, 0.4) is 0 Å². The summed E-state index contributed by atoms with van der Waals surface area (Å²) in [4.78, 5) is 6.84. The van der Waals surface area contributed by atoms with E-state index in [1.165, 1.54) is 31.5 Å². The molecule has 1 aromatic rings. The maximum Gasteiger partial charge on any atom is 0.0593 e. The summed E-state index contributed by atoms with van der Waals surface area (Å²) in [6.45, 7) is 7.28. The minimum absolute atomic E-state index is 0.782. The van der Waals surface area contributed by atoms with E-state index in [0.29, 0.717) is 0 Å². The molecule has 0 radical (unpaired) electrons. The van der Waals surface area contributed by atoms with Crippen molar-refractivity contribution in [2.75, 3.05) is 32.8 Å². The number of hydrogen-bond donors (Lipinski definition) is 0. The molecular formula is C14H22N2O. The summed E-state index contributed by atoms with van der Waals surface area (Å²) < 4.78 is 5.65. The molecule has 2 heterocycles. The maximum atomic E-state index is 5.65. The van der Waals surface area contributed by atoms with Gasteiger partial charge in [-0.05, 0) is 44.5 Å². The van der Waals surface area contributed by atoms with Crippen LogP contribution in [-0.2, 0) is 11.2 Å². The lowest BCUT2D eigenvalue weighted by molar-refractivity contribution is 0.113. The molecule has 0 N–H and O–H groups in total. The first-order valence-electron chi connectivity index (χ1n) is 6.56. The highest BCUT2D eigenvalue weighted by molar-refractivity contribution is 5.12. The minimum atomic E-state index is 0.782. The predicted octanol–water partition coefficient (Wildman–Crippen LogP) is 2.04. The second-order valence-corrected chi connectivity index (χ2v) is 4.74. The van der Waals surface area contributed by atoms with E-state index in [2.05, 4.69) is 28.9 Å². The fourth-order valence-corrected chi connectivity index (χ4v) is 2.12. The van der Waals surface area contributed by atoms with Crippen molar-refractivity contribution >= 4 is 0 Å². The van der Waals surface area contributed by atoms with Gasteiger partial charge in [0.2, 0.25) is 0 Å². The monoisotopic (exact) mass is 234 g/mol. The van der Waals surface area contributed by atoms with Crippen molar-refractivity contribution in [3.63, 3.8) is 0 Å². The van der Waals surface area contributed by atoms with Crippen LogP contribution in [0, 0.1) is 6.92 Å². The molecule has 1 aromatic heterocycles. The van der Waals surface area contributed by atoms with E-state index >= 15 is 0 Å². The largest absolute Gasteiger partial charge is 0.380 e. The highest BCUT2D eigenvalue weighted by Gasteiger charge is 2.10. The van der Waals surface area contributed by atoms with Crippen LogP contribution in [0.5, 0.6) is 0 Å². The molecule has 0 spiro atoms. The molecule has 3 nitrogen and oxygen atoms in total. The van der Waals surface area contributed by atoms with Gasteiger partial charge in [-0.2, -0.15) is 0 Å². The molecule has 0 aliphatic carbocycles. The van der Waals surface area contributed by atoms with Crippen molar-refractivity contribution in [2.24, 2.45) is 0 Å². The number of ether oxygens (including phenoxy) is 1. The van der Waals surface area contributed by atoms with E-state index in [9.17, 15) is 0 Å². The van der Waals surface area contributed by atoms with E-state index in [0.717, 1.165) is 31.9 Å². The first kappa shape index (κ1) is 12.5. The van der Waals surface area contributed by atoms with Crippen molar-refractivity contribution in [2.45, 2.75) is 26.2 Å². The van der Waals surface area contributed by atoms with Crippen molar-refractivity contribution in [3.8, 4) is 0 Å². The Kier molecular flexibility index (Phi) is 4.95. The summed E-state index contributed by atoms with van der Waals surface area (Å²) in [7, 11) is 0. The molecule has 0 amide bonds. The van der Waals surface area contributed by atoms with Crippen molar-refractivity contribution in [3.05, 3.63) is 29.6 Å². The quantitative estimate of drug-likeness (QED) is 0.704. The molecule has 0 bridgehead atoms. The fraction of sp³-hybridized carbons (Fsp3) is 0.643. The number of aryl methyl sites for hydroxylation is 1. The smallest absolute Gasteiger partial charge is 0.0593 e. The summed E-state index contributed by atoms with van der Waals surface area (Å²) in [6, 6.07) is 4.19. The Hall–Kier alpha value is -0.930. The standard InChI is InChI=1S/C14H22N2O/c1-13-4-5-14(15-12-13)6-10-17-11-9-16-7-2-3-8-16/h4-5,12H,2-3,6-11H2,1H3. The first-order valence-corrected chi connectivity index (χ1v) is 6.56. The highest BCUT2D eigenvalue weighted by atomic mass is 16.5. The minimum Gasteiger partial charge on any atom is -0.380 e. The lowest BCUT2D eigenvalue weighted by Crippen LogP contribution is -2.24. The highest BCUT2D eigenvalue weighted by Crippen LogP contribution is 2.06. The normalized spacial score (nSPS) is 16.5. The first-order chi connectivity index (χ1) is 8.34. The SMILES string of the molecule is Cc1ccc(CCOCCN2CCCC2)nc1. The molecule has 17 heavy (non-hydrogen) atoms. The van der Waals surface area contributed by atoms with Gasteiger partial charge in [-0.25, -0.2) is 0 Å². The van der Waals surface area contributed by atoms with Crippen LogP contribution < -0.4 is 0 Å². The van der Waals surface area contributed by atoms with E-state index in [1.807, 2.05) is 6.20 Å². The summed E-state index contributed by atoms with van der Waals surface area (Å²) >= 11 is 0. The zero-order valence-corrected chi connectivity index (χ0v) is 10.7. The van der Waals surface area contributed by atoms with E-state index < -0.39 is 0 Å². The molecule has 94 valence electrons. The summed E-state index contributed by atoms with van der Waals surface area (Å²) in [5.74, 6) is 0. The third-order valence-corrected chi connectivity index (χ3v) is 3.23. The van der Waals surface area contributed by atoms with Crippen molar-refractivity contribution < 1.29 is 4.74 Å². The Labute approximate surface area is 104 Å². The Morgan fingerprint density at radius 1 is 1.24 bits per heavy atom. The van der Waals surface area contributed by atoms with Crippen LogP contribution in [0.25, 0.3) is 0 Å². The van der Waals surface area contributed by atoms with Crippen LogP contribution in [0.2, 0.25) is 0 Å². The average molecular weight is 234 g/mol. The molecule has 1 saturated heterocycles. The fourth-order valence-electron chi connectivity index (χ4n) is 2.12. The molecule has 0 unspecified atom stereocenters. The lowest BCUT2D eigenvalue weighted by Gasteiger charge is -2.14. The van der Waals surface area contributed by atoms with E-state index in [1.54, 1.807) is 0 Å². The molecular weight excluding hydrogens is 212 g/mol. The molecule has 0 atom stereocenters. The third kappa shape index (κ3) is 4.44. The van der Waals surface area contributed by atoms with Crippen LogP contribution in [0.15, 0.2) is 18.3 Å². The zero-order valence-electron chi connectivity index (χ0n) is 10.7. The van der Waals surface area contributed by atoms with Crippen molar-refractivity contribution in [1.29, 1.82) is 0 Å². The van der Waals surface area contributed by atoms with Gasteiger partial charge in [-0.1, -0.05) is 6.07 Å². The number of nitrogens with zero attached hydrogens (tertiary/aromatic N) is 2. The van der Waals surface area contributed by atoms with E-state index in [-0.39, 0.29) is 0 Å². The molecule has 1 aliphatic rings. The summed E-state index contributed by atoms with van der Waals surface area (Å²) in [5, 5.41) is 0. The summed E-state index contributed by atoms with van der Waals surface area (Å²) in [6.07, 6.45) is 5.54. The number of aromatic nitrogens is 1. The van der Waals surface area contributed by atoms with Crippen LogP contribution in [0.1, 0.15) is 24.1 Å². The van der Waals surface area contributed by atoms with Crippen molar-refractivity contribution in [1.82, 2.24) is 9.88 Å². The number of pyridine rings is 1. The Morgan fingerprint density at radius 2 is 2.06 bits per heavy atom. The topological polar surface area (TPSA) is 25.4 Å². The van der Waals surface area contributed by atoms with Gasteiger partial charge < -0.3 is 9.64 Å². The number of rotatable bonds is 6. The van der Waals surface area contributed by atoms with Crippen LogP contribution in [-0.4, -0.2) is 42.7 Å². The Morgan fingerprint density at radius 3 is 2.76 bits per heavy atom. The summed E-state index contributed by atoms with van der Waals surface area (Å²) in [5.41, 5.74) is 2.33. The van der Waals surface area contributed by atoms with Gasteiger partial charge in [0.05, 0.1) is 13.2 Å². The van der Waals surface area contributed by atoms with Crippen LogP contribution >= 0.6 is 0 Å². The Balaban J connectivity index is 1.55. The van der Waals surface area contributed by atoms with E-state index in [4.69, 9.17) is 4.74 Å². The second kappa shape index (κ2) is 6.72. The zero-order chi connectivity index (χ0) is 11.9. The molecule has 0 saturated carbocycles. The third-order valence-electron chi connectivity index (χ3n) is 3.23. The average Bonchev–Trinajstić information content (AvgIpc) is 2.84. The maximum absolute atomic E-state index is 5.65. The molecule has 3 heteroatoms. The molecule has 2 rings (SSSR count). The number of likely N-dealkylation sites (tertiary alicyclic amines) is 1. The van der Waals surface area contributed by atoms with Gasteiger partial charge in [-0.15, -0.1) is 0 Å². The van der Waals surface area contributed by atoms with Crippen LogP contribution in [0.4, 0.5) is 0 Å². The van der Waals surface area contributed by atoms with Gasteiger partial charge in [0, 0.05) is 24.9 Å². The van der Waals surface area contributed by atoms with Gasteiger partial charge in [0.25, 0.3) is 0 Å². The predicted molar refractivity (Wildman–Crippen MR) is 69.2 cm³/mol. The molecule has 0 aromatic carbocycles. The lowest BCUT2D eigenvalue weighted by atomic mass is 10.2. The second-order valence-electron chi connectivity index (χ2n) is 4.74. The Bertz CT molecular complexity index is 317.